The van der Waals surface area contributed by atoms with E-state index in [0.29, 0.717) is 54.6 Å². The van der Waals surface area contributed by atoms with Crippen molar-refractivity contribution < 1.29 is 14.3 Å². The zero-order chi connectivity index (χ0) is 20.4. The molecule has 0 aromatic heterocycles. The van der Waals surface area contributed by atoms with Crippen molar-refractivity contribution in [1.82, 2.24) is 4.90 Å². The van der Waals surface area contributed by atoms with E-state index in [1.807, 2.05) is 30.0 Å². The molecule has 0 atom stereocenters. The first-order chi connectivity index (χ1) is 14.1. The number of para-hydroxylation sites is 1. The maximum atomic E-state index is 13.4. The highest BCUT2D eigenvalue weighted by Gasteiger charge is 2.42. The van der Waals surface area contributed by atoms with Crippen LogP contribution in [-0.2, 0) is 20.7 Å². The van der Waals surface area contributed by atoms with Crippen molar-refractivity contribution in [2.24, 2.45) is 0 Å². The van der Waals surface area contributed by atoms with Gasteiger partial charge in [0.1, 0.15) is 5.70 Å². The molecule has 2 aliphatic rings. The Balaban J connectivity index is 1.73. The van der Waals surface area contributed by atoms with Crippen molar-refractivity contribution in [2.45, 2.75) is 19.8 Å². The van der Waals surface area contributed by atoms with Crippen LogP contribution < -0.4 is 4.90 Å². The monoisotopic (exact) mass is 410 g/mol. The standard InChI is InChI=1S/C23H23ClN2O3/c1-2-29-15-5-13-26-22(27)20(17-8-10-18(24)11-9-17)21(23(26)28)25-14-12-16-6-3-4-7-19(16)25/h3-4,6-11H,2,5,12-15H2,1H3. The fourth-order valence-electron chi connectivity index (χ4n) is 3.93. The molecule has 0 aliphatic carbocycles. The lowest BCUT2D eigenvalue weighted by Crippen LogP contribution is -2.36. The summed E-state index contributed by atoms with van der Waals surface area (Å²) in [6, 6.07) is 15.1. The Morgan fingerprint density at radius 1 is 1.03 bits per heavy atom. The predicted molar refractivity (Wildman–Crippen MR) is 114 cm³/mol. The number of ether oxygens (including phenoxy) is 1. The Morgan fingerprint density at radius 2 is 1.79 bits per heavy atom. The first-order valence-electron chi connectivity index (χ1n) is 9.91. The first-order valence-corrected chi connectivity index (χ1v) is 10.3. The fourth-order valence-corrected chi connectivity index (χ4v) is 4.06. The van der Waals surface area contributed by atoms with Crippen LogP contribution in [0.2, 0.25) is 5.02 Å². The summed E-state index contributed by atoms with van der Waals surface area (Å²) in [6.07, 6.45) is 1.46. The van der Waals surface area contributed by atoms with Gasteiger partial charge in [-0.25, -0.2) is 0 Å². The van der Waals surface area contributed by atoms with Gasteiger partial charge in [-0.3, -0.25) is 14.5 Å². The van der Waals surface area contributed by atoms with E-state index in [9.17, 15) is 9.59 Å². The van der Waals surface area contributed by atoms with Gasteiger partial charge in [0.2, 0.25) is 0 Å². The third-order valence-electron chi connectivity index (χ3n) is 5.31. The summed E-state index contributed by atoms with van der Waals surface area (Å²) in [7, 11) is 0. The summed E-state index contributed by atoms with van der Waals surface area (Å²) in [5.74, 6) is -0.499. The van der Waals surface area contributed by atoms with Crippen molar-refractivity contribution in [3.05, 3.63) is 70.4 Å². The SMILES string of the molecule is CCOCCCN1C(=O)C(c2ccc(Cl)cc2)=C(N2CCc3ccccc32)C1=O. The van der Waals surface area contributed by atoms with Gasteiger partial charge < -0.3 is 9.64 Å². The second-order valence-corrected chi connectivity index (χ2v) is 7.51. The molecule has 0 spiro atoms. The van der Waals surface area contributed by atoms with E-state index in [1.165, 1.54) is 10.5 Å². The molecule has 0 fully saturated rings. The van der Waals surface area contributed by atoms with Crippen LogP contribution in [0.15, 0.2) is 54.2 Å². The molecule has 5 nitrogen and oxygen atoms in total. The van der Waals surface area contributed by atoms with Gasteiger partial charge in [0.25, 0.3) is 11.8 Å². The molecule has 0 N–H and O–H groups in total. The highest BCUT2D eigenvalue weighted by molar-refractivity contribution is 6.37. The molecule has 4 rings (SSSR count). The van der Waals surface area contributed by atoms with Crippen molar-refractivity contribution in [2.75, 3.05) is 31.2 Å². The topological polar surface area (TPSA) is 49.9 Å². The molecule has 2 aliphatic heterocycles. The van der Waals surface area contributed by atoms with E-state index >= 15 is 0 Å². The van der Waals surface area contributed by atoms with Crippen LogP contribution in [-0.4, -0.2) is 43.0 Å². The Kier molecular flexibility index (Phi) is 5.69. The normalized spacial score (nSPS) is 16.2. The van der Waals surface area contributed by atoms with Gasteiger partial charge in [-0.15, -0.1) is 0 Å². The van der Waals surface area contributed by atoms with Crippen molar-refractivity contribution in [3.63, 3.8) is 0 Å². The van der Waals surface area contributed by atoms with Crippen molar-refractivity contribution >= 4 is 34.7 Å². The second kappa shape index (κ2) is 8.39. The third-order valence-corrected chi connectivity index (χ3v) is 5.56. The summed E-state index contributed by atoms with van der Waals surface area (Å²) < 4.78 is 5.37. The van der Waals surface area contributed by atoms with E-state index in [4.69, 9.17) is 16.3 Å². The minimum atomic E-state index is -0.256. The molecule has 0 bridgehead atoms. The molecule has 2 heterocycles. The number of imide groups is 1. The predicted octanol–water partition coefficient (Wildman–Crippen LogP) is 3.91. The average molecular weight is 411 g/mol. The maximum Gasteiger partial charge on any atom is 0.278 e. The number of hydrogen-bond acceptors (Lipinski definition) is 4. The number of rotatable bonds is 7. The molecule has 2 amide bonds. The van der Waals surface area contributed by atoms with E-state index in [2.05, 4.69) is 6.07 Å². The first kappa shape index (κ1) is 19.7. The average Bonchev–Trinajstić information content (AvgIpc) is 3.25. The lowest BCUT2D eigenvalue weighted by Gasteiger charge is -2.21. The van der Waals surface area contributed by atoms with Crippen molar-refractivity contribution in [3.8, 4) is 0 Å². The smallest absolute Gasteiger partial charge is 0.278 e. The van der Waals surface area contributed by atoms with Gasteiger partial charge in [0.15, 0.2) is 0 Å². The molecule has 29 heavy (non-hydrogen) atoms. The van der Waals surface area contributed by atoms with E-state index in [1.54, 1.807) is 24.3 Å². The molecule has 6 heteroatoms. The van der Waals surface area contributed by atoms with Crippen LogP contribution in [0.3, 0.4) is 0 Å². The molecule has 2 aromatic rings. The zero-order valence-electron chi connectivity index (χ0n) is 16.4. The summed E-state index contributed by atoms with van der Waals surface area (Å²) in [5, 5.41) is 0.591. The Hall–Kier alpha value is -2.63. The number of halogens is 1. The van der Waals surface area contributed by atoms with Crippen LogP contribution >= 0.6 is 11.6 Å². The molecule has 0 saturated heterocycles. The quantitative estimate of drug-likeness (QED) is 0.513. The van der Waals surface area contributed by atoms with Crippen LogP contribution in [0, 0.1) is 0 Å². The number of anilines is 1. The number of fused-ring (bicyclic) bond motifs is 1. The Bertz CT molecular complexity index is 968. The lowest BCUT2D eigenvalue weighted by molar-refractivity contribution is -0.137. The number of benzene rings is 2. The number of amides is 2. The summed E-state index contributed by atoms with van der Waals surface area (Å²) in [5.41, 5.74) is 3.79. The van der Waals surface area contributed by atoms with Crippen LogP contribution in [0.4, 0.5) is 5.69 Å². The van der Waals surface area contributed by atoms with Gasteiger partial charge >= 0.3 is 0 Å². The largest absolute Gasteiger partial charge is 0.382 e. The molecule has 0 saturated carbocycles. The molecular weight excluding hydrogens is 388 g/mol. The fraction of sp³-hybridized carbons (Fsp3) is 0.304. The molecule has 0 radical (unpaired) electrons. The van der Waals surface area contributed by atoms with Gasteiger partial charge in [-0.05, 0) is 49.1 Å². The number of hydrogen-bond donors (Lipinski definition) is 0. The summed E-state index contributed by atoms with van der Waals surface area (Å²) in [6.45, 7) is 4.08. The van der Waals surface area contributed by atoms with Gasteiger partial charge in [-0.2, -0.15) is 0 Å². The highest BCUT2D eigenvalue weighted by atomic mass is 35.5. The minimum absolute atomic E-state index is 0.242. The van der Waals surface area contributed by atoms with Crippen LogP contribution in [0.1, 0.15) is 24.5 Å². The number of carbonyl (C=O) groups excluding carboxylic acids is 2. The molecule has 150 valence electrons. The summed E-state index contributed by atoms with van der Waals surface area (Å²) in [4.78, 5) is 30.0. The minimum Gasteiger partial charge on any atom is -0.382 e. The van der Waals surface area contributed by atoms with E-state index in [-0.39, 0.29) is 11.8 Å². The van der Waals surface area contributed by atoms with E-state index in [0.717, 1.165) is 12.1 Å². The van der Waals surface area contributed by atoms with E-state index < -0.39 is 0 Å². The van der Waals surface area contributed by atoms with Crippen LogP contribution in [0.25, 0.3) is 5.57 Å². The second-order valence-electron chi connectivity index (χ2n) is 7.07. The highest BCUT2D eigenvalue weighted by Crippen LogP contribution is 2.38. The Labute approximate surface area is 175 Å². The van der Waals surface area contributed by atoms with Gasteiger partial charge in [-0.1, -0.05) is 41.9 Å². The van der Waals surface area contributed by atoms with Crippen molar-refractivity contribution in [1.29, 1.82) is 0 Å². The molecule has 0 unspecified atom stereocenters. The molecule has 2 aromatic carbocycles. The summed E-state index contributed by atoms with van der Waals surface area (Å²) >= 11 is 6.04. The lowest BCUT2D eigenvalue weighted by atomic mass is 10.0. The van der Waals surface area contributed by atoms with Gasteiger partial charge in [0.05, 0.1) is 5.57 Å². The zero-order valence-corrected chi connectivity index (χ0v) is 17.1. The third kappa shape index (κ3) is 3.68. The number of carbonyl (C=O) groups is 2. The maximum absolute atomic E-state index is 13.4. The molecular formula is C23H23ClN2O3. The van der Waals surface area contributed by atoms with Gasteiger partial charge in [0, 0.05) is 37.0 Å². The Morgan fingerprint density at radius 3 is 2.55 bits per heavy atom. The number of nitrogens with zero attached hydrogens (tertiary/aromatic N) is 2. The van der Waals surface area contributed by atoms with Crippen LogP contribution in [0.5, 0.6) is 0 Å².